The zero-order chi connectivity index (χ0) is 11.4. The summed E-state index contributed by atoms with van der Waals surface area (Å²) in [6.07, 6.45) is 2.46. The van der Waals surface area contributed by atoms with E-state index in [0.29, 0.717) is 12.8 Å². The lowest BCUT2D eigenvalue weighted by atomic mass is 9.75. The molecule has 0 aromatic rings. The molecule has 84 valence electrons. The van der Waals surface area contributed by atoms with E-state index in [1.807, 2.05) is 0 Å². The maximum atomic E-state index is 10.8. The van der Waals surface area contributed by atoms with E-state index < -0.39 is 23.8 Å². The second-order valence-corrected chi connectivity index (χ2v) is 3.84. The van der Waals surface area contributed by atoms with Gasteiger partial charge in [-0.1, -0.05) is 0 Å². The Morgan fingerprint density at radius 2 is 1.60 bits per heavy atom. The van der Waals surface area contributed by atoms with Gasteiger partial charge in [0.15, 0.2) is 0 Å². The minimum atomic E-state index is -0.948. The van der Waals surface area contributed by atoms with E-state index >= 15 is 0 Å². The third kappa shape index (κ3) is 2.93. The summed E-state index contributed by atoms with van der Waals surface area (Å²) in [6, 6.07) is 0. The third-order valence-corrected chi connectivity index (χ3v) is 2.74. The Kier molecular flexibility index (Phi) is 3.65. The fourth-order valence-electron chi connectivity index (χ4n) is 2.01. The first kappa shape index (κ1) is 11.5. The zero-order valence-electron chi connectivity index (χ0n) is 8.17. The Morgan fingerprint density at radius 1 is 1.13 bits per heavy atom. The van der Waals surface area contributed by atoms with Crippen molar-refractivity contribution in [1.29, 1.82) is 0 Å². The van der Waals surface area contributed by atoms with Crippen molar-refractivity contribution < 1.29 is 19.8 Å². The van der Waals surface area contributed by atoms with Crippen LogP contribution in [0, 0.1) is 17.8 Å². The molecule has 0 aromatic heterocycles. The van der Waals surface area contributed by atoms with Gasteiger partial charge in [-0.3, -0.25) is 9.59 Å². The molecule has 0 spiro atoms. The number of aliphatic carboxylic acids is 2. The van der Waals surface area contributed by atoms with Gasteiger partial charge in [-0.15, -0.1) is 0 Å². The van der Waals surface area contributed by atoms with Crippen molar-refractivity contribution in [2.45, 2.75) is 19.3 Å². The second-order valence-electron chi connectivity index (χ2n) is 3.84. The molecule has 0 saturated heterocycles. The Morgan fingerprint density at radius 3 is 1.93 bits per heavy atom. The number of nitrogens with zero attached hydrogens (tertiary/aromatic N) is 1. The molecule has 2 atom stereocenters. The number of nitrogens with two attached hydrogens (primary N) is 1. The summed E-state index contributed by atoms with van der Waals surface area (Å²) in [5, 5.41) is 21.0. The number of hydrogen-bond donors (Lipinski definition) is 3. The number of carboxylic acids is 2. The third-order valence-electron chi connectivity index (χ3n) is 2.74. The molecule has 2 unspecified atom stereocenters. The summed E-state index contributed by atoms with van der Waals surface area (Å²) in [5.41, 5.74) is 0. The lowest BCUT2D eigenvalue weighted by molar-refractivity contribution is -0.148. The van der Waals surface area contributed by atoms with Gasteiger partial charge in [-0.2, -0.15) is 5.10 Å². The SMILES string of the molecule is NN=CC1CC(C(=O)O)CC(C(=O)O)C1. The zero-order valence-corrected chi connectivity index (χ0v) is 8.17. The molecule has 0 amide bonds. The van der Waals surface area contributed by atoms with Crippen LogP contribution in [0.1, 0.15) is 19.3 Å². The highest BCUT2D eigenvalue weighted by molar-refractivity contribution is 5.76. The molecule has 6 heteroatoms. The average molecular weight is 214 g/mol. The largest absolute Gasteiger partial charge is 0.481 e. The van der Waals surface area contributed by atoms with Gasteiger partial charge in [0.1, 0.15) is 0 Å². The van der Waals surface area contributed by atoms with Crippen molar-refractivity contribution in [1.82, 2.24) is 0 Å². The molecule has 1 saturated carbocycles. The fraction of sp³-hybridized carbons (Fsp3) is 0.667. The van der Waals surface area contributed by atoms with Crippen molar-refractivity contribution >= 4 is 18.2 Å². The van der Waals surface area contributed by atoms with Crippen LogP contribution in [0.2, 0.25) is 0 Å². The van der Waals surface area contributed by atoms with E-state index in [0.717, 1.165) is 0 Å². The number of carboxylic acid groups (broad SMARTS) is 2. The Hall–Kier alpha value is -1.59. The molecule has 0 aliphatic heterocycles. The van der Waals surface area contributed by atoms with Crippen molar-refractivity contribution in [3.05, 3.63) is 0 Å². The first-order valence-corrected chi connectivity index (χ1v) is 4.73. The van der Waals surface area contributed by atoms with Gasteiger partial charge in [0.05, 0.1) is 11.8 Å². The number of hydrogen-bond acceptors (Lipinski definition) is 4. The minimum absolute atomic E-state index is 0.147. The molecule has 15 heavy (non-hydrogen) atoms. The Bertz CT molecular complexity index is 268. The second kappa shape index (κ2) is 4.77. The van der Waals surface area contributed by atoms with E-state index in [4.69, 9.17) is 16.1 Å². The minimum Gasteiger partial charge on any atom is -0.481 e. The highest BCUT2D eigenvalue weighted by Gasteiger charge is 2.35. The summed E-state index contributed by atoms with van der Waals surface area (Å²) in [6.45, 7) is 0. The van der Waals surface area contributed by atoms with Crippen molar-refractivity contribution in [2.75, 3.05) is 0 Å². The summed E-state index contributed by atoms with van der Waals surface area (Å²) in [4.78, 5) is 21.6. The predicted octanol–water partition coefficient (Wildman–Crippen LogP) is 0.133. The van der Waals surface area contributed by atoms with E-state index in [9.17, 15) is 9.59 Å². The van der Waals surface area contributed by atoms with E-state index in [2.05, 4.69) is 5.10 Å². The van der Waals surface area contributed by atoms with Crippen LogP contribution < -0.4 is 5.84 Å². The number of hydrazone groups is 1. The van der Waals surface area contributed by atoms with E-state index in [-0.39, 0.29) is 12.3 Å². The lowest BCUT2D eigenvalue weighted by Crippen LogP contribution is -2.32. The molecule has 0 aromatic carbocycles. The van der Waals surface area contributed by atoms with Gasteiger partial charge < -0.3 is 16.1 Å². The van der Waals surface area contributed by atoms with Crippen molar-refractivity contribution in [3.8, 4) is 0 Å². The molecule has 1 aliphatic carbocycles. The van der Waals surface area contributed by atoms with Crippen LogP contribution in [-0.2, 0) is 9.59 Å². The first-order valence-electron chi connectivity index (χ1n) is 4.73. The topological polar surface area (TPSA) is 113 Å². The van der Waals surface area contributed by atoms with Gasteiger partial charge in [-0.25, -0.2) is 0 Å². The highest BCUT2D eigenvalue weighted by Crippen LogP contribution is 2.32. The van der Waals surface area contributed by atoms with Gasteiger partial charge >= 0.3 is 11.9 Å². The Balaban J connectivity index is 2.72. The lowest BCUT2D eigenvalue weighted by Gasteiger charge is -2.28. The first-order chi connectivity index (χ1) is 7.04. The molecule has 4 N–H and O–H groups in total. The van der Waals surface area contributed by atoms with Gasteiger partial charge in [-0.05, 0) is 25.2 Å². The highest BCUT2D eigenvalue weighted by atomic mass is 16.4. The molecular weight excluding hydrogens is 200 g/mol. The van der Waals surface area contributed by atoms with Crippen LogP contribution in [0.25, 0.3) is 0 Å². The quantitative estimate of drug-likeness (QED) is 0.351. The van der Waals surface area contributed by atoms with Crippen LogP contribution in [0.15, 0.2) is 5.10 Å². The molecule has 6 nitrogen and oxygen atoms in total. The monoisotopic (exact) mass is 214 g/mol. The van der Waals surface area contributed by atoms with Crippen LogP contribution in [0.4, 0.5) is 0 Å². The fourth-order valence-corrected chi connectivity index (χ4v) is 2.01. The van der Waals surface area contributed by atoms with E-state index in [1.54, 1.807) is 0 Å². The predicted molar refractivity (Wildman–Crippen MR) is 52.3 cm³/mol. The standard InChI is InChI=1S/C9H14N2O4/c10-11-4-5-1-6(8(12)13)3-7(2-5)9(14)15/h4-7H,1-3,10H2,(H,12,13)(H,14,15). The molecule has 0 heterocycles. The van der Waals surface area contributed by atoms with Gasteiger partial charge in [0.2, 0.25) is 0 Å². The maximum Gasteiger partial charge on any atom is 0.306 e. The molecule has 1 rings (SSSR count). The molecule has 1 fully saturated rings. The molecule has 0 radical (unpaired) electrons. The number of rotatable bonds is 3. The summed E-state index contributed by atoms with van der Waals surface area (Å²) >= 11 is 0. The van der Waals surface area contributed by atoms with Crippen LogP contribution >= 0.6 is 0 Å². The maximum absolute atomic E-state index is 10.8. The van der Waals surface area contributed by atoms with Gasteiger partial charge in [0, 0.05) is 6.21 Å². The molecule has 1 aliphatic rings. The Labute approximate surface area is 86.8 Å². The normalized spacial score (nSPS) is 31.6. The smallest absolute Gasteiger partial charge is 0.306 e. The summed E-state index contributed by atoms with van der Waals surface area (Å²) in [5.74, 6) is 1.72. The molecule has 0 bridgehead atoms. The van der Waals surface area contributed by atoms with Crippen LogP contribution in [0.3, 0.4) is 0 Å². The number of carbonyl (C=O) groups is 2. The molecular formula is C9H14N2O4. The van der Waals surface area contributed by atoms with Gasteiger partial charge in [0.25, 0.3) is 0 Å². The van der Waals surface area contributed by atoms with Crippen molar-refractivity contribution in [3.63, 3.8) is 0 Å². The van der Waals surface area contributed by atoms with Crippen molar-refractivity contribution in [2.24, 2.45) is 28.7 Å². The summed E-state index contributed by atoms with van der Waals surface area (Å²) < 4.78 is 0. The van der Waals surface area contributed by atoms with Crippen LogP contribution in [-0.4, -0.2) is 28.4 Å². The summed E-state index contributed by atoms with van der Waals surface area (Å²) in [7, 11) is 0. The average Bonchev–Trinajstić information content (AvgIpc) is 2.17. The van der Waals surface area contributed by atoms with E-state index in [1.165, 1.54) is 6.21 Å². The van der Waals surface area contributed by atoms with Crippen LogP contribution in [0.5, 0.6) is 0 Å².